The van der Waals surface area contributed by atoms with E-state index >= 15 is 0 Å². The Morgan fingerprint density at radius 2 is 1.04 bits per heavy atom. The maximum Gasteiger partial charge on any atom is 0.0725 e. The Hall–Kier alpha value is -7.81. The van der Waals surface area contributed by atoms with Gasteiger partial charge in [0.05, 0.1) is 16.6 Å². The molecule has 0 bridgehead atoms. The van der Waals surface area contributed by atoms with Crippen LogP contribution in [0.15, 0.2) is 206 Å². The molecule has 2 nitrogen and oxygen atoms in total. The number of rotatable bonds is 5. The summed E-state index contributed by atoms with van der Waals surface area (Å²) in [5, 5.41) is 1.34. The normalized spacial score (nSPS) is 14.8. The molecule has 8 aromatic carbocycles. The topological polar surface area (TPSA) is 17.3 Å². The molecule has 9 aromatic rings. The first-order valence-corrected chi connectivity index (χ1v) is 23.7. The first-order chi connectivity index (χ1) is 32.7. The second-order valence-electron chi connectivity index (χ2n) is 19.1. The summed E-state index contributed by atoms with van der Waals surface area (Å²) in [6, 6.07) is 66.5. The van der Waals surface area contributed by atoms with E-state index in [1.54, 1.807) is 0 Å². The lowest BCUT2D eigenvalue weighted by Crippen LogP contribution is -2.25. The highest BCUT2D eigenvalue weighted by atomic mass is 15.0. The molecule has 0 saturated heterocycles. The molecule has 1 aromatic heterocycles. The summed E-state index contributed by atoms with van der Waals surface area (Å²) in [7, 11) is 0. The fourth-order valence-corrected chi connectivity index (χ4v) is 12.1. The van der Waals surface area contributed by atoms with Crippen LogP contribution in [-0.2, 0) is 17.3 Å². The molecule has 0 atom stereocenters. The predicted molar refractivity (Wildman–Crippen MR) is 283 cm³/mol. The quantitative estimate of drug-likeness (QED) is 0.153. The molecule has 2 heteroatoms. The van der Waals surface area contributed by atoms with Gasteiger partial charge in [0, 0.05) is 44.6 Å². The third-order valence-electron chi connectivity index (χ3n) is 15.1. The molecule has 322 valence electrons. The summed E-state index contributed by atoms with van der Waals surface area (Å²) < 4.78 is 2.41. The Bertz CT molecular complexity index is 3560. The van der Waals surface area contributed by atoms with Crippen molar-refractivity contribution in [2.24, 2.45) is 4.99 Å². The first kappa shape index (κ1) is 40.7. The lowest BCUT2D eigenvalue weighted by atomic mass is 9.70. The van der Waals surface area contributed by atoms with Gasteiger partial charge in [-0.2, -0.15) is 0 Å². The summed E-state index contributed by atoms with van der Waals surface area (Å²) >= 11 is 0. The van der Waals surface area contributed by atoms with E-state index in [9.17, 15) is 0 Å². The van der Waals surface area contributed by atoms with E-state index in [2.05, 4.69) is 233 Å². The van der Waals surface area contributed by atoms with Gasteiger partial charge in [-0.1, -0.05) is 209 Å². The highest BCUT2D eigenvalue weighted by Gasteiger charge is 2.52. The molecule has 4 aliphatic rings. The number of fused-ring (bicyclic) bond motifs is 16. The van der Waals surface area contributed by atoms with E-state index in [4.69, 9.17) is 4.99 Å². The van der Waals surface area contributed by atoms with Crippen molar-refractivity contribution < 1.29 is 0 Å². The Morgan fingerprint density at radius 3 is 1.72 bits per heavy atom. The SMILES string of the molecule is C=C(C)c1ccc(-n2c3c(c4ccccc42)C=CCC3)cc1.C=C(N=C(C)c1cccc2c1-c1ccccc1C21c2ccccc2-c2ccccc21)c1cccc2c1-c1ccccc1C2(C)C. The smallest absolute Gasteiger partial charge is 0.0725 e. The number of para-hydroxylation sites is 1. The van der Waals surface area contributed by atoms with Gasteiger partial charge >= 0.3 is 0 Å². The summed E-state index contributed by atoms with van der Waals surface area (Å²) in [6.45, 7) is 17.4. The molecular weight excluding hydrogens is 809 g/mol. The monoisotopic (exact) mass is 860 g/mol. The average Bonchev–Trinajstić information content (AvgIpc) is 4.05. The van der Waals surface area contributed by atoms with E-state index in [1.165, 1.54) is 100 Å². The zero-order chi connectivity index (χ0) is 45.6. The maximum absolute atomic E-state index is 5.29. The van der Waals surface area contributed by atoms with Crippen LogP contribution in [0.2, 0.25) is 0 Å². The Balaban J connectivity index is 0.000000178. The van der Waals surface area contributed by atoms with Crippen molar-refractivity contribution in [2.75, 3.05) is 0 Å². The third kappa shape index (κ3) is 5.92. The molecule has 0 radical (unpaired) electrons. The minimum absolute atomic E-state index is 0.0624. The van der Waals surface area contributed by atoms with Gasteiger partial charge in [-0.3, -0.25) is 4.99 Å². The van der Waals surface area contributed by atoms with Gasteiger partial charge in [-0.25, -0.2) is 0 Å². The number of aliphatic imine (C=N–C) groups is 1. The second-order valence-corrected chi connectivity index (χ2v) is 19.1. The third-order valence-corrected chi connectivity index (χ3v) is 15.1. The van der Waals surface area contributed by atoms with Crippen LogP contribution in [0.4, 0.5) is 0 Å². The number of benzene rings is 8. The van der Waals surface area contributed by atoms with Crippen molar-refractivity contribution in [1.82, 2.24) is 4.57 Å². The molecule has 0 saturated carbocycles. The van der Waals surface area contributed by atoms with Gasteiger partial charge in [-0.15, -0.1) is 0 Å². The molecule has 13 rings (SSSR count). The molecule has 1 heterocycles. The Morgan fingerprint density at radius 1 is 0.522 bits per heavy atom. The largest absolute Gasteiger partial charge is 0.313 e. The molecule has 4 aliphatic carbocycles. The second kappa shape index (κ2) is 15.4. The number of hydrogen-bond donors (Lipinski definition) is 0. The predicted octanol–water partition coefficient (Wildman–Crippen LogP) is 16.4. The molecule has 0 aliphatic heterocycles. The fourth-order valence-electron chi connectivity index (χ4n) is 12.1. The van der Waals surface area contributed by atoms with E-state index in [-0.39, 0.29) is 10.8 Å². The Kier molecular flexibility index (Phi) is 9.35. The van der Waals surface area contributed by atoms with Crippen LogP contribution in [0.3, 0.4) is 0 Å². The number of nitrogens with zero attached hydrogens (tertiary/aromatic N) is 2. The summed E-state index contributed by atoms with van der Waals surface area (Å²) in [5.74, 6) is 0. The van der Waals surface area contributed by atoms with Crippen LogP contribution in [0, 0.1) is 0 Å². The average molecular weight is 861 g/mol. The molecule has 1 spiro atoms. The lowest BCUT2D eigenvalue weighted by Gasteiger charge is -2.30. The van der Waals surface area contributed by atoms with Crippen molar-refractivity contribution >= 4 is 34.0 Å². The molecule has 0 fully saturated rings. The van der Waals surface area contributed by atoms with E-state index in [0.29, 0.717) is 0 Å². The minimum atomic E-state index is -0.359. The molecule has 0 N–H and O–H groups in total. The van der Waals surface area contributed by atoms with Gasteiger partial charge < -0.3 is 4.57 Å². The van der Waals surface area contributed by atoms with Crippen molar-refractivity contribution in [3.05, 3.63) is 263 Å². The van der Waals surface area contributed by atoms with Gasteiger partial charge in [0.2, 0.25) is 0 Å². The van der Waals surface area contributed by atoms with Crippen LogP contribution in [0.25, 0.3) is 67.3 Å². The highest BCUT2D eigenvalue weighted by Crippen LogP contribution is 2.63. The highest BCUT2D eigenvalue weighted by molar-refractivity contribution is 6.10. The molecule has 0 unspecified atom stereocenters. The zero-order valence-electron chi connectivity index (χ0n) is 38.7. The van der Waals surface area contributed by atoms with Gasteiger partial charge in [0.1, 0.15) is 0 Å². The molecule has 0 amide bonds. The van der Waals surface area contributed by atoms with Gasteiger partial charge in [0.25, 0.3) is 0 Å². The molecular formula is C65H52N2. The Labute approximate surface area is 394 Å². The minimum Gasteiger partial charge on any atom is -0.313 e. The van der Waals surface area contributed by atoms with Crippen LogP contribution in [-0.4, -0.2) is 10.3 Å². The number of allylic oxidation sites excluding steroid dienone is 2. The summed E-state index contributed by atoms with van der Waals surface area (Å²) in [4.78, 5) is 5.29. The van der Waals surface area contributed by atoms with E-state index in [0.717, 1.165) is 41.0 Å². The number of aromatic nitrogens is 1. The van der Waals surface area contributed by atoms with Crippen molar-refractivity contribution in [1.29, 1.82) is 0 Å². The van der Waals surface area contributed by atoms with E-state index < -0.39 is 0 Å². The van der Waals surface area contributed by atoms with Crippen LogP contribution in [0.1, 0.15) is 95.4 Å². The van der Waals surface area contributed by atoms with Crippen LogP contribution in [0.5, 0.6) is 0 Å². The zero-order valence-corrected chi connectivity index (χ0v) is 38.7. The van der Waals surface area contributed by atoms with Crippen molar-refractivity contribution in [3.63, 3.8) is 0 Å². The van der Waals surface area contributed by atoms with Gasteiger partial charge in [-0.05, 0) is 117 Å². The fraction of sp³-hybridized carbons (Fsp3) is 0.123. The number of hydrogen-bond acceptors (Lipinski definition) is 1. The van der Waals surface area contributed by atoms with Crippen LogP contribution >= 0.6 is 0 Å². The molecule has 67 heavy (non-hydrogen) atoms. The van der Waals surface area contributed by atoms with Crippen LogP contribution < -0.4 is 0 Å². The summed E-state index contributed by atoms with van der Waals surface area (Å²) in [6.07, 6.45) is 6.78. The van der Waals surface area contributed by atoms with E-state index in [1.807, 2.05) is 6.92 Å². The van der Waals surface area contributed by atoms with Crippen molar-refractivity contribution in [2.45, 2.75) is 51.4 Å². The standard InChI is InChI=1S/C44H33N.C21H19N/c1-27(29-19-13-25-39-41(29)33-17-7-9-21-35(33)43(39,3)4)45-28(2)30-20-14-26-40-42(30)34-18-8-12-24-38(34)44(40)36-22-10-5-15-31(36)32-16-6-11-23-37(32)44;1-15(2)16-11-13-17(14-12-16)22-20-9-5-3-7-18(20)19-8-4-6-10-21(19)22/h5-26H,1H2,2-4H3;3-5,7-9,11-14H,1,6,10H2,2H3. The van der Waals surface area contributed by atoms with Gasteiger partial charge in [0.15, 0.2) is 0 Å². The van der Waals surface area contributed by atoms with Crippen molar-refractivity contribution in [3.8, 4) is 39.1 Å². The summed E-state index contributed by atoms with van der Waals surface area (Å²) in [5.41, 5.74) is 27.1. The lowest BCUT2D eigenvalue weighted by molar-refractivity contribution is 0.660. The first-order valence-electron chi connectivity index (χ1n) is 23.7. The maximum atomic E-state index is 5.29.